The average Bonchev–Trinajstić information content (AvgIpc) is 3.72. The summed E-state index contributed by atoms with van der Waals surface area (Å²) < 4.78 is 79.5. The third-order valence-corrected chi connectivity index (χ3v) is 12.3. The van der Waals surface area contributed by atoms with Crippen molar-refractivity contribution in [3.05, 3.63) is 0 Å². The van der Waals surface area contributed by atoms with Crippen molar-refractivity contribution in [3.63, 3.8) is 0 Å². The molecule has 1 saturated heterocycles. The highest BCUT2D eigenvalue weighted by molar-refractivity contribution is 7.86. The van der Waals surface area contributed by atoms with E-state index in [0.29, 0.717) is 43.4 Å². The number of fused-ring (bicyclic) bond motifs is 6. The first-order valence-electron chi connectivity index (χ1n) is 14.9. The SMILES string of the molecule is CCC1(OC(=O)C2C3CC4C(OC(=O)C42)C3OC(=O)CCC(=O)OC(C)C(F)(F)S(=O)(=O)O)CC2CC1C1CCCC21. The molecule has 0 aromatic rings. The first-order valence-corrected chi connectivity index (χ1v) is 16.3. The van der Waals surface area contributed by atoms with Crippen molar-refractivity contribution < 1.29 is 59.9 Å². The molecule has 0 amide bonds. The third kappa shape index (κ3) is 4.45. The Balaban J connectivity index is 1.08. The van der Waals surface area contributed by atoms with E-state index in [2.05, 4.69) is 4.74 Å². The average molecular weight is 619 g/mol. The number of hydrogen-bond donors (Lipinski definition) is 1. The van der Waals surface area contributed by atoms with Crippen molar-refractivity contribution in [1.82, 2.24) is 0 Å². The van der Waals surface area contributed by atoms with Crippen molar-refractivity contribution >= 4 is 34.0 Å². The minimum atomic E-state index is -5.82. The summed E-state index contributed by atoms with van der Waals surface area (Å²) in [6, 6.07) is 0. The highest BCUT2D eigenvalue weighted by Crippen LogP contribution is 2.65. The summed E-state index contributed by atoms with van der Waals surface area (Å²) in [6.07, 6.45) is 1.23. The van der Waals surface area contributed by atoms with Crippen molar-refractivity contribution in [2.75, 3.05) is 0 Å². The lowest BCUT2D eigenvalue weighted by molar-refractivity contribution is -0.183. The number of rotatable bonds is 10. The van der Waals surface area contributed by atoms with Crippen molar-refractivity contribution in [2.45, 2.75) is 101 Å². The fourth-order valence-corrected chi connectivity index (χ4v) is 9.96. The summed E-state index contributed by atoms with van der Waals surface area (Å²) in [5.41, 5.74) is -0.549. The first kappa shape index (κ1) is 29.7. The lowest BCUT2D eigenvalue weighted by atomic mass is 9.71. The Morgan fingerprint density at radius 1 is 1.10 bits per heavy atom. The second-order valence-electron chi connectivity index (χ2n) is 13.0. The monoisotopic (exact) mass is 618 g/mol. The Bertz CT molecular complexity index is 1290. The second kappa shape index (κ2) is 10.1. The molecule has 4 bridgehead atoms. The first-order chi connectivity index (χ1) is 19.7. The van der Waals surface area contributed by atoms with E-state index in [1.807, 2.05) is 6.92 Å². The normalized spacial score (nSPS) is 41.9. The van der Waals surface area contributed by atoms with Crippen LogP contribution in [0.1, 0.15) is 71.6 Å². The lowest BCUT2D eigenvalue weighted by Crippen LogP contribution is -2.49. The largest absolute Gasteiger partial charge is 0.459 e. The molecule has 6 aliphatic rings. The lowest BCUT2D eigenvalue weighted by Gasteiger charge is -2.43. The second-order valence-corrected chi connectivity index (χ2v) is 14.5. The smallest absolute Gasteiger partial charge is 0.405 e. The number of hydrogen-bond acceptors (Lipinski definition) is 10. The molecule has 5 aliphatic carbocycles. The number of esters is 4. The zero-order chi connectivity index (χ0) is 30.4. The van der Waals surface area contributed by atoms with Crippen LogP contribution < -0.4 is 0 Å². The Kier molecular flexibility index (Phi) is 7.14. The van der Waals surface area contributed by atoms with E-state index in [4.69, 9.17) is 18.8 Å². The van der Waals surface area contributed by atoms with Crippen molar-refractivity contribution in [1.29, 1.82) is 0 Å². The van der Waals surface area contributed by atoms with Gasteiger partial charge in [-0.05, 0) is 63.2 Å². The number of halogens is 2. The maximum atomic E-state index is 13.8. The fraction of sp³-hybridized carbons (Fsp3) is 0.857. The molecule has 0 radical (unpaired) electrons. The van der Waals surface area contributed by atoms with E-state index in [1.165, 1.54) is 12.8 Å². The van der Waals surface area contributed by atoms with Crippen molar-refractivity contribution in [3.8, 4) is 0 Å². The van der Waals surface area contributed by atoms with Crippen LogP contribution in [-0.4, -0.2) is 66.0 Å². The van der Waals surface area contributed by atoms with Crippen LogP contribution in [0.3, 0.4) is 0 Å². The van der Waals surface area contributed by atoms with E-state index in [1.54, 1.807) is 0 Å². The van der Waals surface area contributed by atoms with E-state index in [9.17, 15) is 36.4 Å². The fourth-order valence-electron chi connectivity index (χ4n) is 9.50. The van der Waals surface area contributed by atoms with Gasteiger partial charge in [0, 0.05) is 17.8 Å². The summed E-state index contributed by atoms with van der Waals surface area (Å²) in [5, 5.41) is -4.73. The van der Waals surface area contributed by atoms with Gasteiger partial charge in [0.25, 0.3) is 0 Å². The zero-order valence-electron chi connectivity index (χ0n) is 23.4. The molecular formula is C28H36F2O11S. The molecule has 0 aromatic carbocycles. The van der Waals surface area contributed by atoms with Gasteiger partial charge in [-0.1, -0.05) is 13.3 Å². The van der Waals surface area contributed by atoms with Gasteiger partial charge in [0.05, 0.1) is 24.7 Å². The van der Waals surface area contributed by atoms with Gasteiger partial charge in [0.2, 0.25) is 0 Å². The molecule has 14 heteroatoms. The molecule has 6 rings (SSSR count). The summed E-state index contributed by atoms with van der Waals surface area (Å²) in [4.78, 5) is 51.3. The van der Waals surface area contributed by atoms with E-state index in [0.717, 1.165) is 19.3 Å². The van der Waals surface area contributed by atoms with Gasteiger partial charge in [0.1, 0.15) is 17.8 Å². The minimum Gasteiger partial charge on any atom is -0.459 e. The standard InChI is InChI=1S/C28H36F2O11S/c1-3-27(11-13-9-18(27)15-6-4-5-14(13)15)41-26(34)22-17-10-16-21(22)25(33)40-24(16)23(17)39-20(32)8-7-19(31)38-12(2)28(29,30)42(35,36)37/h12-18,21-24H,3-11H2,1-2H3,(H,35,36,37). The Labute approximate surface area is 242 Å². The molecule has 1 heterocycles. The highest BCUT2D eigenvalue weighted by atomic mass is 32.2. The number of carbonyl (C=O) groups is 4. The Morgan fingerprint density at radius 2 is 1.79 bits per heavy atom. The quantitative estimate of drug-likeness (QED) is 0.218. The molecule has 1 N–H and O–H groups in total. The molecular weight excluding hydrogens is 582 g/mol. The zero-order valence-corrected chi connectivity index (χ0v) is 24.2. The maximum absolute atomic E-state index is 13.8. The molecule has 12 atom stereocenters. The van der Waals surface area contributed by atoms with E-state index < -0.39 is 93.8 Å². The third-order valence-electron chi connectivity index (χ3n) is 11.2. The molecule has 1 aliphatic heterocycles. The minimum absolute atomic E-state index is 0.303. The molecule has 0 spiro atoms. The van der Waals surface area contributed by atoms with Gasteiger partial charge in [-0.25, -0.2) is 0 Å². The van der Waals surface area contributed by atoms with Gasteiger partial charge in [0.15, 0.2) is 6.10 Å². The molecule has 0 aromatic heterocycles. The molecule has 234 valence electrons. The Hall–Kier alpha value is -2.35. The maximum Gasteiger partial charge on any atom is 0.405 e. The molecule has 12 unspecified atom stereocenters. The predicted octanol–water partition coefficient (Wildman–Crippen LogP) is 3.05. The van der Waals surface area contributed by atoms with Crippen LogP contribution >= 0.6 is 0 Å². The summed E-state index contributed by atoms with van der Waals surface area (Å²) in [5.74, 6) is -3.27. The summed E-state index contributed by atoms with van der Waals surface area (Å²) in [6.45, 7) is 2.63. The number of alkyl halides is 2. The van der Waals surface area contributed by atoms with Gasteiger partial charge >= 0.3 is 39.2 Å². The van der Waals surface area contributed by atoms with E-state index >= 15 is 0 Å². The van der Waals surface area contributed by atoms with Crippen molar-refractivity contribution in [2.24, 2.45) is 47.3 Å². The highest BCUT2D eigenvalue weighted by Gasteiger charge is 2.71. The van der Waals surface area contributed by atoms with Crippen LogP contribution in [0.2, 0.25) is 0 Å². The number of ether oxygens (including phenoxy) is 4. The van der Waals surface area contributed by atoms with Gasteiger partial charge < -0.3 is 18.9 Å². The van der Waals surface area contributed by atoms with Crippen LogP contribution in [0.5, 0.6) is 0 Å². The van der Waals surface area contributed by atoms with Crippen LogP contribution in [0, 0.1) is 47.3 Å². The Morgan fingerprint density at radius 3 is 2.48 bits per heavy atom. The predicted molar refractivity (Wildman–Crippen MR) is 136 cm³/mol. The van der Waals surface area contributed by atoms with Gasteiger partial charge in [-0.2, -0.15) is 17.2 Å². The van der Waals surface area contributed by atoms with Crippen LogP contribution in [0.25, 0.3) is 0 Å². The van der Waals surface area contributed by atoms with Crippen LogP contribution in [-0.2, 0) is 48.2 Å². The topological polar surface area (TPSA) is 160 Å². The summed E-state index contributed by atoms with van der Waals surface area (Å²) >= 11 is 0. The van der Waals surface area contributed by atoms with Gasteiger partial charge in [-0.15, -0.1) is 0 Å². The molecule has 42 heavy (non-hydrogen) atoms. The number of carbonyl (C=O) groups excluding carboxylic acids is 4. The molecule has 5 saturated carbocycles. The molecule has 11 nitrogen and oxygen atoms in total. The molecule has 6 fully saturated rings. The van der Waals surface area contributed by atoms with Gasteiger partial charge in [-0.3, -0.25) is 23.7 Å². The van der Waals surface area contributed by atoms with Crippen LogP contribution in [0.4, 0.5) is 8.78 Å². The van der Waals surface area contributed by atoms with E-state index in [-0.39, 0.29) is 5.92 Å². The summed E-state index contributed by atoms with van der Waals surface area (Å²) in [7, 11) is -5.82. The van der Waals surface area contributed by atoms with Crippen LogP contribution in [0.15, 0.2) is 0 Å².